The molecule has 0 saturated carbocycles. The molecule has 0 N–H and O–H groups in total. The van der Waals surface area contributed by atoms with Crippen molar-refractivity contribution in [2.45, 2.75) is 37.9 Å². The van der Waals surface area contributed by atoms with E-state index in [-0.39, 0.29) is 24.1 Å². The lowest BCUT2D eigenvalue weighted by atomic mass is 9.89. The average Bonchev–Trinajstić information content (AvgIpc) is 2.82. The monoisotopic (exact) mass is 508 g/mol. The highest BCUT2D eigenvalue weighted by atomic mass is 35.5. The van der Waals surface area contributed by atoms with E-state index in [4.69, 9.17) is 23.2 Å². The van der Waals surface area contributed by atoms with Gasteiger partial charge in [-0.15, -0.1) is 0 Å². The first-order valence-electron chi connectivity index (χ1n) is 11.6. The Labute approximate surface area is 206 Å². The van der Waals surface area contributed by atoms with Gasteiger partial charge >= 0.3 is 0 Å². The predicted molar refractivity (Wildman–Crippen MR) is 133 cm³/mol. The van der Waals surface area contributed by atoms with E-state index in [1.807, 2.05) is 11.0 Å². The Kier molecular flexibility index (Phi) is 8.00. The second kappa shape index (κ2) is 10.8. The summed E-state index contributed by atoms with van der Waals surface area (Å²) in [5, 5.41) is 0.683. The third-order valence-electron chi connectivity index (χ3n) is 6.81. The minimum absolute atomic E-state index is 0.0869. The van der Waals surface area contributed by atoms with Gasteiger partial charge in [-0.25, -0.2) is 12.7 Å². The highest BCUT2D eigenvalue weighted by Crippen LogP contribution is 2.30. The van der Waals surface area contributed by atoms with Crippen molar-refractivity contribution >= 4 is 39.1 Å². The van der Waals surface area contributed by atoms with Crippen molar-refractivity contribution in [3.63, 3.8) is 0 Å². The first kappa shape index (κ1) is 24.5. The van der Waals surface area contributed by atoms with Gasteiger partial charge < -0.3 is 4.90 Å². The number of carbonyl (C=O) groups is 1. The molecule has 0 radical (unpaired) electrons. The van der Waals surface area contributed by atoms with Crippen LogP contribution in [-0.2, 0) is 27.0 Å². The number of likely N-dealkylation sites (tertiary alicyclic amines) is 1. The van der Waals surface area contributed by atoms with Gasteiger partial charge in [0.15, 0.2) is 0 Å². The lowest BCUT2D eigenvalue weighted by Gasteiger charge is -2.37. The van der Waals surface area contributed by atoms with Crippen molar-refractivity contribution < 1.29 is 13.2 Å². The fraction of sp³-hybridized carbons (Fsp3) is 0.480. The second-order valence-corrected chi connectivity index (χ2v) is 11.9. The minimum Gasteiger partial charge on any atom is -0.342 e. The Hall–Kier alpha value is -1.60. The summed E-state index contributed by atoms with van der Waals surface area (Å²) in [6.07, 6.45) is 4.42. The number of rotatable bonds is 6. The van der Waals surface area contributed by atoms with E-state index in [0.717, 1.165) is 38.8 Å². The Bertz CT molecular complexity index is 1050. The number of hydrogen-bond donors (Lipinski definition) is 0. The van der Waals surface area contributed by atoms with Crippen LogP contribution in [0.3, 0.4) is 0 Å². The molecule has 1 amide bonds. The highest BCUT2D eigenvalue weighted by Gasteiger charge is 2.35. The number of nitrogens with zero attached hydrogens (tertiary/aromatic N) is 2. The van der Waals surface area contributed by atoms with Crippen molar-refractivity contribution in [2.24, 2.45) is 11.8 Å². The van der Waals surface area contributed by atoms with Crippen molar-refractivity contribution in [1.82, 2.24) is 9.21 Å². The second-order valence-electron chi connectivity index (χ2n) is 9.11. The van der Waals surface area contributed by atoms with Crippen LogP contribution >= 0.6 is 23.2 Å². The van der Waals surface area contributed by atoms with Gasteiger partial charge in [0.05, 0.1) is 11.7 Å². The van der Waals surface area contributed by atoms with E-state index < -0.39 is 10.0 Å². The molecule has 0 spiro atoms. The summed E-state index contributed by atoms with van der Waals surface area (Å²) in [4.78, 5) is 15.2. The Balaban J connectivity index is 1.34. The molecule has 2 aromatic carbocycles. The van der Waals surface area contributed by atoms with Crippen LogP contribution in [0.15, 0.2) is 48.5 Å². The van der Waals surface area contributed by atoms with E-state index in [0.29, 0.717) is 34.5 Å². The number of carbonyl (C=O) groups excluding carboxylic acids is 1. The van der Waals surface area contributed by atoms with Gasteiger partial charge in [-0.3, -0.25) is 4.79 Å². The maximum Gasteiger partial charge on any atom is 0.227 e. The lowest BCUT2D eigenvalue weighted by molar-refractivity contribution is -0.138. The lowest BCUT2D eigenvalue weighted by Crippen LogP contribution is -2.48. The van der Waals surface area contributed by atoms with Crippen LogP contribution in [0.5, 0.6) is 0 Å². The van der Waals surface area contributed by atoms with Crippen LogP contribution in [0.1, 0.15) is 36.8 Å². The standard InChI is InChI=1S/C25H30Cl2N2O3S/c26-23-9-4-10-24(27)22(23)18-33(31,32)29-13-5-8-21(17-29)25(30)28-14-11-20(12-15-28)16-19-6-2-1-3-7-19/h1-4,6-7,9-10,20-21H,5,8,11-18H2/t21-/m1/s1. The van der Waals surface area contributed by atoms with Gasteiger partial charge in [0.2, 0.25) is 15.9 Å². The van der Waals surface area contributed by atoms with Crippen LogP contribution in [0, 0.1) is 11.8 Å². The SMILES string of the molecule is O=C([C@@H]1CCCN(S(=O)(=O)Cc2c(Cl)cccc2Cl)C1)N1CCC(Cc2ccccc2)CC1. The van der Waals surface area contributed by atoms with Gasteiger partial charge in [-0.05, 0) is 55.7 Å². The summed E-state index contributed by atoms with van der Waals surface area (Å²) in [7, 11) is -3.63. The quantitative estimate of drug-likeness (QED) is 0.550. The molecule has 2 fully saturated rings. The van der Waals surface area contributed by atoms with Gasteiger partial charge in [0.25, 0.3) is 0 Å². The van der Waals surface area contributed by atoms with E-state index in [1.165, 1.54) is 9.87 Å². The molecule has 1 atom stereocenters. The van der Waals surface area contributed by atoms with Crippen LogP contribution < -0.4 is 0 Å². The maximum atomic E-state index is 13.2. The molecule has 4 rings (SSSR count). The molecule has 33 heavy (non-hydrogen) atoms. The molecule has 8 heteroatoms. The Morgan fingerprint density at radius 2 is 1.58 bits per heavy atom. The van der Waals surface area contributed by atoms with Gasteiger partial charge in [-0.2, -0.15) is 0 Å². The zero-order valence-electron chi connectivity index (χ0n) is 18.6. The smallest absolute Gasteiger partial charge is 0.227 e. The van der Waals surface area contributed by atoms with Crippen LogP contribution in [0.4, 0.5) is 0 Å². The van der Waals surface area contributed by atoms with E-state index in [2.05, 4.69) is 24.3 Å². The van der Waals surface area contributed by atoms with Gasteiger partial charge in [0.1, 0.15) is 0 Å². The molecule has 5 nitrogen and oxygen atoms in total. The molecule has 2 heterocycles. The van der Waals surface area contributed by atoms with Crippen molar-refractivity contribution in [1.29, 1.82) is 0 Å². The van der Waals surface area contributed by atoms with Crippen LogP contribution in [-0.4, -0.2) is 49.7 Å². The van der Waals surface area contributed by atoms with E-state index in [9.17, 15) is 13.2 Å². The molecule has 2 aliphatic heterocycles. The third-order valence-corrected chi connectivity index (χ3v) is 9.29. The third kappa shape index (κ3) is 6.10. The summed E-state index contributed by atoms with van der Waals surface area (Å²) in [6.45, 7) is 2.14. The molecular formula is C25H30Cl2N2O3S. The fourth-order valence-corrected chi connectivity index (χ4v) is 7.27. The maximum absolute atomic E-state index is 13.2. The summed E-state index contributed by atoms with van der Waals surface area (Å²) >= 11 is 12.4. The molecule has 2 aromatic rings. The largest absolute Gasteiger partial charge is 0.342 e. The molecule has 2 aliphatic rings. The fourth-order valence-electron chi connectivity index (χ4n) is 4.90. The van der Waals surface area contributed by atoms with Crippen LogP contribution in [0.25, 0.3) is 0 Å². The van der Waals surface area contributed by atoms with Crippen LogP contribution in [0.2, 0.25) is 10.0 Å². The number of amides is 1. The average molecular weight is 509 g/mol. The van der Waals surface area contributed by atoms with E-state index in [1.54, 1.807) is 18.2 Å². The number of sulfonamides is 1. The zero-order chi connectivity index (χ0) is 23.4. The van der Waals surface area contributed by atoms with Crippen molar-refractivity contribution in [3.8, 4) is 0 Å². The number of piperidine rings is 2. The molecule has 178 valence electrons. The molecule has 0 bridgehead atoms. The number of halogens is 2. The zero-order valence-corrected chi connectivity index (χ0v) is 21.0. The number of hydrogen-bond acceptors (Lipinski definition) is 3. The minimum atomic E-state index is -3.63. The predicted octanol–water partition coefficient (Wildman–Crippen LogP) is 5.02. The summed E-state index contributed by atoms with van der Waals surface area (Å²) in [6, 6.07) is 15.5. The molecule has 0 aromatic heterocycles. The van der Waals surface area contributed by atoms with Gasteiger partial charge in [0, 0.05) is 41.8 Å². The van der Waals surface area contributed by atoms with E-state index >= 15 is 0 Å². The Morgan fingerprint density at radius 1 is 0.909 bits per heavy atom. The van der Waals surface area contributed by atoms with Gasteiger partial charge in [-0.1, -0.05) is 59.6 Å². The summed E-state index contributed by atoms with van der Waals surface area (Å²) in [5.74, 6) is 0.127. The summed E-state index contributed by atoms with van der Waals surface area (Å²) in [5.41, 5.74) is 1.75. The first-order valence-corrected chi connectivity index (χ1v) is 13.9. The summed E-state index contributed by atoms with van der Waals surface area (Å²) < 4.78 is 27.7. The normalized spacial score (nSPS) is 20.7. The molecule has 0 aliphatic carbocycles. The first-order chi connectivity index (χ1) is 15.8. The molecule has 0 unspecified atom stereocenters. The highest BCUT2D eigenvalue weighted by molar-refractivity contribution is 7.88. The topological polar surface area (TPSA) is 57.7 Å². The Morgan fingerprint density at radius 3 is 2.24 bits per heavy atom. The molecule has 2 saturated heterocycles. The van der Waals surface area contributed by atoms with Crippen molar-refractivity contribution in [2.75, 3.05) is 26.2 Å². The van der Waals surface area contributed by atoms with Crippen molar-refractivity contribution in [3.05, 3.63) is 69.7 Å². The molecular weight excluding hydrogens is 479 g/mol. The number of benzene rings is 2.